The highest BCUT2D eigenvalue weighted by Crippen LogP contribution is 2.22. The number of hydrogen-bond acceptors (Lipinski definition) is 1. The van der Waals surface area contributed by atoms with Gasteiger partial charge in [0.25, 0.3) is 0 Å². The molecule has 0 saturated heterocycles. The maximum atomic E-state index is 13.2. The standard InChI is InChI=1S/C11H15FIN/c1-11(2,3)7-14-9-6-4-5-8(12)10(9)13/h4-6,14H,7H2,1-3H3. The molecule has 0 bridgehead atoms. The lowest BCUT2D eigenvalue weighted by Crippen LogP contribution is -2.19. The average Bonchev–Trinajstić information content (AvgIpc) is 2.06. The molecule has 1 nitrogen and oxygen atoms in total. The summed E-state index contributed by atoms with van der Waals surface area (Å²) in [5, 5.41) is 3.25. The fraction of sp³-hybridized carbons (Fsp3) is 0.455. The molecule has 78 valence electrons. The van der Waals surface area contributed by atoms with Crippen molar-refractivity contribution >= 4 is 28.3 Å². The molecule has 0 saturated carbocycles. The highest BCUT2D eigenvalue weighted by atomic mass is 127. The highest BCUT2D eigenvalue weighted by Gasteiger charge is 2.11. The molecular formula is C11H15FIN. The first-order chi connectivity index (χ1) is 6.40. The molecule has 0 aliphatic heterocycles. The maximum absolute atomic E-state index is 13.2. The summed E-state index contributed by atoms with van der Waals surface area (Å²) < 4.78 is 13.8. The lowest BCUT2D eigenvalue weighted by molar-refractivity contribution is 0.443. The molecule has 0 aliphatic carbocycles. The normalized spacial score (nSPS) is 11.5. The van der Waals surface area contributed by atoms with Gasteiger partial charge in [-0.25, -0.2) is 4.39 Å². The van der Waals surface area contributed by atoms with Crippen molar-refractivity contribution in [2.75, 3.05) is 11.9 Å². The smallest absolute Gasteiger partial charge is 0.138 e. The Morgan fingerprint density at radius 2 is 2.00 bits per heavy atom. The Morgan fingerprint density at radius 1 is 1.36 bits per heavy atom. The topological polar surface area (TPSA) is 12.0 Å². The number of rotatable bonds is 2. The number of halogens is 2. The van der Waals surface area contributed by atoms with Crippen molar-refractivity contribution in [3.63, 3.8) is 0 Å². The van der Waals surface area contributed by atoms with Gasteiger partial charge in [-0.2, -0.15) is 0 Å². The predicted molar refractivity (Wildman–Crippen MR) is 67.1 cm³/mol. The van der Waals surface area contributed by atoms with Crippen molar-refractivity contribution in [1.29, 1.82) is 0 Å². The first-order valence-corrected chi connectivity index (χ1v) is 5.66. The Labute approximate surface area is 98.2 Å². The van der Waals surface area contributed by atoms with Gasteiger partial charge in [-0.05, 0) is 40.1 Å². The molecule has 1 rings (SSSR count). The van der Waals surface area contributed by atoms with Crippen LogP contribution < -0.4 is 5.32 Å². The van der Waals surface area contributed by atoms with E-state index in [0.717, 1.165) is 12.2 Å². The minimum atomic E-state index is -0.162. The molecule has 0 heterocycles. The van der Waals surface area contributed by atoms with Crippen LogP contribution in [-0.4, -0.2) is 6.54 Å². The van der Waals surface area contributed by atoms with Crippen molar-refractivity contribution in [2.24, 2.45) is 5.41 Å². The van der Waals surface area contributed by atoms with Gasteiger partial charge in [0.05, 0.1) is 9.26 Å². The zero-order valence-electron chi connectivity index (χ0n) is 8.70. The third-order valence-electron chi connectivity index (χ3n) is 1.76. The van der Waals surface area contributed by atoms with Crippen LogP contribution in [0.1, 0.15) is 20.8 Å². The van der Waals surface area contributed by atoms with Crippen molar-refractivity contribution < 1.29 is 4.39 Å². The van der Waals surface area contributed by atoms with E-state index in [1.165, 1.54) is 6.07 Å². The van der Waals surface area contributed by atoms with Gasteiger partial charge in [-0.15, -0.1) is 0 Å². The van der Waals surface area contributed by atoms with E-state index in [4.69, 9.17) is 0 Å². The predicted octanol–water partition coefficient (Wildman–Crippen LogP) is 3.89. The van der Waals surface area contributed by atoms with Crippen molar-refractivity contribution in [2.45, 2.75) is 20.8 Å². The molecule has 0 unspecified atom stereocenters. The summed E-state index contributed by atoms with van der Waals surface area (Å²) in [7, 11) is 0. The third-order valence-corrected chi connectivity index (χ3v) is 2.86. The van der Waals surface area contributed by atoms with Gasteiger partial charge in [-0.3, -0.25) is 0 Å². The maximum Gasteiger partial charge on any atom is 0.138 e. The average molecular weight is 307 g/mol. The number of hydrogen-bond donors (Lipinski definition) is 1. The lowest BCUT2D eigenvalue weighted by atomic mass is 9.97. The summed E-state index contributed by atoms with van der Waals surface area (Å²) in [4.78, 5) is 0. The molecule has 0 atom stereocenters. The Morgan fingerprint density at radius 3 is 2.57 bits per heavy atom. The van der Waals surface area contributed by atoms with Crippen molar-refractivity contribution in [3.05, 3.63) is 27.6 Å². The molecule has 1 N–H and O–H groups in total. The Hall–Kier alpha value is -0.320. The minimum Gasteiger partial charge on any atom is -0.384 e. The number of nitrogens with one attached hydrogen (secondary N) is 1. The van der Waals surface area contributed by atoms with E-state index in [2.05, 4.69) is 26.1 Å². The van der Waals surface area contributed by atoms with Gasteiger partial charge < -0.3 is 5.32 Å². The Bertz CT molecular complexity index is 318. The van der Waals surface area contributed by atoms with E-state index < -0.39 is 0 Å². The van der Waals surface area contributed by atoms with Gasteiger partial charge in [-0.1, -0.05) is 26.8 Å². The van der Waals surface area contributed by atoms with Crippen LogP contribution in [0.5, 0.6) is 0 Å². The van der Waals surface area contributed by atoms with E-state index in [-0.39, 0.29) is 11.2 Å². The fourth-order valence-electron chi connectivity index (χ4n) is 1.00. The lowest BCUT2D eigenvalue weighted by Gasteiger charge is -2.20. The van der Waals surface area contributed by atoms with Crippen LogP contribution in [0.2, 0.25) is 0 Å². The van der Waals surface area contributed by atoms with E-state index in [9.17, 15) is 4.39 Å². The van der Waals surface area contributed by atoms with E-state index in [1.54, 1.807) is 6.07 Å². The first kappa shape index (κ1) is 11.8. The van der Waals surface area contributed by atoms with Gasteiger partial charge in [0.15, 0.2) is 0 Å². The molecule has 14 heavy (non-hydrogen) atoms. The zero-order chi connectivity index (χ0) is 10.8. The second-order valence-corrected chi connectivity index (χ2v) is 5.59. The second kappa shape index (κ2) is 4.47. The summed E-state index contributed by atoms with van der Waals surface area (Å²) in [6.45, 7) is 7.27. The molecule has 0 fully saturated rings. The molecule has 0 amide bonds. The Balaban J connectivity index is 2.73. The van der Waals surface area contributed by atoms with Gasteiger partial charge in [0.1, 0.15) is 5.82 Å². The molecule has 0 aromatic heterocycles. The van der Waals surface area contributed by atoms with Crippen LogP contribution in [0, 0.1) is 14.8 Å². The van der Waals surface area contributed by atoms with Gasteiger partial charge >= 0.3 is 0 Å². The molecule has 0 radical (unpaired) electrons. The van der Waals surface area contributed by atoms with Crippen LogP contribution >= 0.6 is 22.6 Å². The monoisotopic (exact) mass is 307 g/mol. The fourth-order valence-corrected chi connectivity index (χ4v) is 1.55. The number of anilines is 1. The first-order valence-electron chi connectivity index (χ1n) is 4.58. The van der Waals surface area contributed by atoms with E-state index in [0.29, 0.717) is 3.57 Å². The summed E-state index contributed by atoms with van der Waals surface area (Å²) >= 11 is 2.02. The van der Waals surface area contributed by atoms with Gasteiger partial charge in [0, 0.05) is 6.54 Å². The highest BCUT2D eigenvalue weighted by molar-refractivity contribution is 14.1. The molecule has 0 spiro atoms. The third kappa shape index (κ3) is 3.44. The number of benzene rings is 1. The molecule has 1 aromatic rings. The SMILES string of the molecule is CC(C)(C)CNc1cccc(F)c1I. The van der Waals surface area contributed by atoms with Crippen LogP contribution in [0.25, 0.3) is 0 Å². The van der Waals surface area contributed by atoms with Crippen LogP contribution in [0.3, 0.4) is 0 Å². The van der Waals surface area contributed by atoms with E-state index >= 15 is 0 Å². The molecule has 0 aliphatic rings. The zero-order valence-corrected chi connectivity index (χ0v) is 10.9. The molecule has 1 aromatic carbocycles. The molecule has 3 heteroatoms. The van der Waals surface area contributed by atoms with Gasteiger partial charge in [0.2, 0.25) is 0 Å². The van der Waals surface area contributed by atoms with Crippen LogP contribution in [0.15, 0.2) is 18.2 Å². The summed E-state index contributed by atoms with van der Waals surface area (Å²) in [5.41, 5.74) is 1.08. The summed E-state index contributed by atoms with van der Waals surface area (Å²) in [6, 6.07) is 5.10. The Kier molecular flexibility index (Phi) is 3.75. The summed E-state index contributed by atoms with van der Waals surface area (Å²) in [6.07, 6.45) is 0. The van der Waals surface area contributed by atoms with Crippen LogP contribution in [-0.2, 0) is 0 Å². The molecular weight excluding hydrogens is 292 g/mol. The quantitative estimate of drug-likeness (QED) is 0.818. The van der Waals surface area contributed by atoms with Crippen molar-refractivity contribution in [1.82, 2.24) is 0 Å². The summed E-state index contributed by atoms with van der Waals surface area (Å²) in [5.74, 6) is -0.162. The second-order valence-electron chi connectivity index (χ2n) is 4.52. The largest absolute Gasteiger partial charge is 0.384 e. The van der Waals surface area contributed by atoms with Crippen LogP contribution in [0.4, 0.5) is 10.1 Å². The van der Waals surface area contributed by atoms with E-state index in [1.807, 2.05) is 28.7 Å². The van der Waals surface area contributed by atoms with Crippen molar-refractivity contribution in [3.8, 4) is 0 Å². The minimum absolute atomic E-state index is 0.162.